The van der Waals surface area contributed by atoms with Crippen molar-refractivity contribution >= 4 is 27.7 Å². The van der Waals surface area contributed by atoms with E-state index in [9.17, 15) is 22.0 Å². The summed E-state index contributed by atoms with van der Waals surface area (Å²) in [6.45, 7) is 0. The fourth-order valence-electron chi connectivity index (χ4n) is 0.249. The summed E-state index contributed by atoms with van der Waals surface area (Å²) >= 11 is 2.33. The topological polar surface area (TPSA) is 0 Å². The molecule has 68 valence electrons. The Morgan fingerprint density at radius 1 is 1.09 bits per heavy atom. The van der Waals surface area contributed by atoms with Gasteiger partial charge in [0, 0.05) is 11.1 Å². The molecule has 0 bridgehead atoms. The van der Waals surface area contributed by atoms with Gasteiger partial charge >= 0.3 is 11.4 Å². The summed E-state index contributed by atoms with van der Waals surface area (Å²) < 4.78 is 58.0. The molecular formula is C4H4BrF5S. The molecule has 0 aliphatic rings. The Morgan fingerprint density at radius 2 is 1.55 bits per heavy atom. The van der Waals surface area contributed by atoms with Crippen LogP contribution in [0.3, 0.4) is 0 Å². The maximum atomic E-state index is 11.9. The SMILES string of the molecule is FC(F)(F)C(F)(F)SCCBr. The number of rotatable bonds is 3. The zero-order valence-corrected chi connectivity index (χ0v) is 7.49. The van der Waals surface area contributed by atoms with Crippen LogP contribution in [0.2, 0.25) is 0 Å². The number of hydrogen-bond donors (Lipinski definition) is 0. The third-order valence-electron chi connectivity index (χ3n) is 0.691. The van der Waals surface area contributed by atoms with Gasteiger partial charge in [0.1, 0.15) is 0 Å². The van der Waals surface area contributed by atoms with Gasteiger partial charge in [0.05, 0.1) is 0 Å². The van der Waals surface area contributed by atoms with E-state index >= 15 is 0 Å². The molecule has 0 unspecified atom stereocenters. The van der Waals surface area contributed by atoms with E-state index in [4.69, 9.17) is 0 Å². The first-order valence-corrected chi connectivity index (χ1v) is 4.56. The average Bonchev–Trinajstić information content (AvgIpc) is 1.81. The molecule has 0 aliphatic carbocycles. The van der Waals surface area contributed by atoms with Crippen LogP contribution in [0.1, 0.15) is 0 Å². The van der Waals surface area contributed by atoms with E-state index in [1.165, 1.54) is 0 Å². The Balaban J connectivity index is 4.00. The largest absolute Gasteiger partial charge is 0.464 e. The lowest BCUT2D eigenvalue weighted by molar-refractivity contribution is -0.237. The van der Waals surface area contributed by atoms with Gasteiger partial charge in [-0.15, -0.1) is 0 Å². The van der Waals surface area contributed by atoms with Crippen molar-refractivity contribution in [3.63, 3.8) is 0 Å². The summed E-state index contributed by atoms with van der Waals surface area (Å²) in [6, 6.07) is 0. The Kier molecular flexibility index (Phi) is 4.10. The maximum Gasteiger partial charge on any atom is 0.464 e. The molecule has 0 atom stereocenters. The second-order valence-electron chi connectivity index (χ2n) is 1.55. The van der Waals surface area contributed by atoms with E-state index in [-0.39, 0.29) is 11.1 Å². The van der Waals surface area contributed by atoms with Crippen LogP contribution in [-0.4, -0.2) is 22.5 Å². The molecule has 0 saturated carbocycles. The lowest BCUT2D eigenvalue weighted by Gasteiger charge is -2.17. The minimum atomic E-state index is -5.44. The van der Waals surface area contributed by atoms with Crippen LogP contribution in [0.5, 0.6) is 0 Å². The Bertz CT molecular complexity index is 122. The molecule has 0 rings (SSSR count). The van der Waals surface area contributed by atoms with Crippen molar-refractivity contribution in [2.24, 2.45) is 0 Å². The zero-order chi connectivity index (χ0) is 9.12. The minimum absolute atomic E-state index is 0.114. The second kappa shape index (κ2) is 3.93. The minimum Gasteiger partial charge on any atom is -0.184 e. The van der Waals surface area contributed by atoms with Crippen LogP contribution in [0, 0.1) is 0 Å². The van der Waals surface area contributed by atoms with E-state index in [0.29, 0.717) is 0 Å². The molecule has 0 heterocycles. The Hall–Kier alpha value is 0.480. The first-order chi connectivity index (χ1) is 4.81. The van der Waals surface area contributed by atoms with Crippen LogP contribution in [0.15, 0.2) is 0 Å². The number of hydrogen-bond acceptors (Lipinski definition) is 1. The van der Waals surface area contributed by atoms with Crippen LogP contribution < -0.4 is 0 Å². The first-order valence-electron chi connectivity index (χ1n) is 2.45. The highest BCUT2D eigenvalue weighted by Gasteiger charge is 2.57. The van der Waals surface area contributed by atoms with Gasteiger partial charge in [0.25, 0.3) is 0 Å². The third kappa shape index (κ3) is 3.59. The fourth-order valence-corrected chi connectivity index (χ4v) is 1.23. The molecule has 0 aromatic rings. The zero-order valence-electron chi connectivity index (χ0n) is 5.09. The summed E-state index contributed by atoms with van der Waals surface area (Å²) in [5.41, 5.74) is 0. The second-order valence-corrected chi connectivity index (χ2v) is 3.55. The van der Waals surface area contributed by atoms with Gasteiger partial charge in [0.2, 0.25) is 0 Å². The number of thioether (sulfide) groups is 1. The van der Waals surface area contributed by atoms with E-state index in [2.05, 4.69) is 15.9 Å². The van der Waals surface area contributed by atoms with Crippen molar-refractivity contribution in [3.8, 4) is 0 Å². The highest BCUT2D eigenvalue weighted by molar-refractivity contribution is 9.09. The van der Waals surface area contributed by atoms with Gasteiger partial charge < -0.3 is 0 Å². The van der Waals surface area contributed by atoms with Gasteiger partial charge in [-0.25, -0.2) is 0 Å². The quantitative estimate of drug-likeness (QED) is 0.553. The van der Waals surface area contributed by atoms with Crippen molar-refractivity contribution in [1.82, 2.24) is 0 Å². The molecule has 0 saturated heterocycles. The van der Waals surface area contributed by atoms with E-state index in [1.54, 1.807) is 0 Å². The molecule has 0 fully saturated rings. The molecule has 0 N–H and O–H groups in total. The predicted octanol–water partition coefficient (Wildman–Crippen LogP) is 3.27. The lowest BCUT2D eigenvalue weighted by Crippen LogP contribution is -2.33. The molecule has 0 aromatic heterocycles. The first kappa shape index (κ1) is 11.5. The molecule has 11 heavy (non-hydrogen) atoms. The van der Waals surface area contributed by atoms with Gasteiger partial charge in [-0.1, -0.05) is 27.7 Å². The number of alkyl halides is 6. The van der Waals surface area contributed by atoms with Crippen molar-refractivity contribution in [2.45, 2.75) is 11.4 Å². The molecule has 7 heteroatoms. The van der Waals surface area contributed by atoms with Gasteiger partial charge in [-0.05, 0) is 0 Å². The molecule has 0 aromatic carbocycles. The molecular weight excluding hydrogens is 255 g/mol. The molecule has 0 spiro atoms. The van der Waals surface area contributed by atoms with Crippen LogP contribution >= 0.6 is 27.7 Å². The summed E-state index contributed by atoms with van der Waals surface area (Å²) in [6.07, 6.45) is -5.44. The highest BCUT2D eigenvalue weighted by Crippen LogP contribution is 2.43. The smallest absolute Gasteiger partial charge is 0.184 e. The highest BCUT2D eigenvalue weighted by atomic mass is 79.9. The van der Waals surface area contributed by atoms with Gasteiger partial charge in [-0.2, -0.15) is 22.0 Å². The summed E-state index contributed by atoms with van der Waals surface area (Å²) in [7, 11) is 0. The fraction of sp³-hybridized carbons (Fsp3) is 1.00. The summed E-state index contributed by atoms with van der Waals surface area (Å²) in [5, 5.41) is -4.51. The molecule has 0 radical (unpaired) electrons. The van der Waals surface area contributed by atoms with E-state index in [1.807, 2.05) is 0 Å². The van der Waals surface area contributed by atoms with Gasteiger partial charge in [-0.3, -0.25) is 0 Å². The monoisotopic (exact) mass is 258 g/mol. The van der Waals surface area contributed by atoms with Crippen molar-refractivity contribution in [3.05, 3.63) is 0 Å². The number of halogens is 6. The Labute approximate surface area is 72.7 Å². The van der Waals surface area contributed by atoms with Gasteiger partial charge in [0.15, 0.2) is 0 Å². The summed E-state index contributed by atoms with van der Waals surface area (Å²) in [5.74, 6) is -0.271. The van der Waals surface area contributed by atoms with Crippen molar-refractivity contribution in [2.75, 3.05) is 11.1 Å². The normalized spacial score (nSPS) is 13.6. The maximum absolute atomic E-state index is 11.9. The van der Waals surface area contributed by atoms with Crippen molar-refractivity contribution < 1.29 is 22.0 Å². The lowest BCUT2D eigenvalue weighted by atomic mass is 10.7. The van der Waals surface area contributed by atoms with Crippen LogP contribution in [0.4, 0.5) is 22.0 Å². The van der Waals surface area contributed by atoms with Crippen LogP contribution in [-0.2, 0) is 0 Å². The van der Waals surface area contributed by atoms with Crippen molar-refractivity contribution in [1.29, 1.82) is 0 Å². The molecule has 0 aliphatic heterocycles. The molecule has 0 amide bonds. The third-order valence-corrected chi connectivity index (χ3v) is 2.61. The standard InChI is InChI=1S/C4H4BrF5S/c5-1-2-11-4(9,10)3(6,7)8/h1-2H2. The van der Waals surface area contributed by atoms with E-state index in [0.717, 1.165) is 0 Å². The summed E-state index contributed by atoms with van der Waals surface area (Å²) in [4.78, 5) is 0. The van der Waals surface area contributed by atoms with Crippen LogP contribution in [0.25, 0.3) is 0 Å². The Morgan fingerprint density at radius 3 is 1.82 bits per heavy atom. The molecule has 0 nitrogen and oxygen atoms in total. The average molecular weight is 259 g/mol. The van der Waals surface area contributed by atoms with E-state index < -0.39 is 23.2 Å². The predicted molar refractivity (Wildman–Crippen MR) is 37.3 cm³/mol.